The Bertz CT molecular complexity index is 3210. The van der Waals surface area contributed by atoms with Crippen molar-refractivity contribution in [1.82, 2.24) is 9.55 Å². The van der Waals surface area contributed by atoms with Crippen molar-refractivity contribution < 1.29 is 0 Å². The molecule has 0 unspecified atom stereocenters. The summed E-state index contributed by atoms with van der Waals surface area (Å²) in [6, 6.07) is 55.9. The minimum Gasteiger partial charge on any atom is -0.294 e. The average molecular weight is 706 g/mol. The first kappa shape index (κ1) is 32.9. The minimum absolute atomic E-state index is 0.958. The molecule has 0 N–H and O–H groups in total. The maximum Gasteiger partial charge on any atom is 0.146 e. The average Bonchev–Trinajstić information content (AvgIpc) is 3.79. The van der Waals surface area contributed by atoms with Gasteiger partial charge in [0.2, 0.25) is 0 Å². The van der Waals surface area contributed by atoms with Crippen LogP contribution < -0.4 is 27.3 Å². The Kier molecular flexibility index (Phi) is 7.22. The van der Waals surface area contributed by atoms with Gasteiger partial charge in [0.05, 0.1) is 11.0 Å². The van der Waals surface area contributed by atoms with Crippen LogP contribution in [-0.2, 0) is 0 Å². The third-order valence-electron chi connectivity index (χ3n) is 12.9. The van der Waals surface area contributed by atoms with E-state index in [4.69, 9.17) is 4.98 Å². The fourth-order valence-electron chi connectivity index (χ4n) is 9.88. The molecule has 0 aliphatic heterocycles. The van der Waals surface area contributed by atoms with E-state index in [2.05, 4.69) is 195 Å². The Morgan fingerprint density at radius 2 is 0.768 bits per heavy atom. The van der Waals surface area contributed by atoms with E-state index >= 15 is 0 Å². The molecule has 1 aromatic heterocycles. The van der Waals surface area contributed by atoms with Crippen molar-refractivity contribution in [2.45, 2.75) is 0 Å². The second-order valence-electron chi connectivity index (χ2n) is 15.6. The normalized spacial score (nSPS) is 11.9. The zero-order chi connectivity index (χ0) is 37.8. The molecule has 0 saturated heterocycles. The molecule has 1 aliphatic carbocycles. The SMILES string of the molecule is Bc1c(B)c(B)c(-n2c(-c3ccccc3-c3c4ccccc4c(-c4ccc5c6c(cccc46)-c4ccccc4-5)c4ccccc34)nc3ccccc32)c(B)c1B. The maximum atomic E-state index is 5.47. The predicted octanol–water partition coefficient (Wildman–Crippen LogP) is 4.43. The van der Waals surface area contributed by atoms with E-state index in [0.29, 0.717) is 0 Å². The molecular formula is C49H35B5N2. The van der Waals surface area contributed by atoms with Gasteiger partial charge in [0.15, 0.2) is 0 Å². The van der Waals surface area contributed by atoms with E-state index in [9.17, 15) is 0 Å². The highest BCUT2D eigenvalue weighted by atomic mass is 15.1. The molecule has 0 fully saturated rings. The van der Waals surface area contributed by atoms with Gasteiger partial charge in [0.1, 0.15) is 45.1 Å². The van der Waals surface area contributed by atoms with Crippen LogP contribution in [0.3, 0.4) is 0 Å². The Balaban J connectivity index is 1.23. The zero-order valence-corrected chi connectivity index (χ0v) is 32.3. The van der Waals surface area contributed by atoms with E-state index in [-0.39, 0.29) is 0 Å². The van der Waals surface area contributed by atoms with Crippen molar-refractivity contribution in [1.29, 1.82) is 0 Å². The summed E-state index contributed by atoms with van der Waals surface area (Å²) in [4.78, 5) is 5.47. The van der Waals surface area contributed by atoms with Gasteiger partial charge in [-0.2, -0.15) is 0 Å². The summed E-state index contributed by atoms with van der Waals surface area (Å²) in [5.41, 5.74) is 21.3. The number of imidazole rings is 1. The van der Waals surface area contributed by atoms with Gasteiger partial charge in [0.25, 0.3) is 0 Å². The molecule has 7 heteroatoms. The number of aromatic nitrogens is 2. The Morgan fingerprint density at radius 1 is 0.339 bits per heavy atom. The molecule has 0 spiro atoms. The molecule has 2 nitrogen and oxygen atoms in total. The first-order valence-corrected chi connectivity index (χ1v) is 19.7. The van der Waals surface area contributed by atoms with Crippen LogP contribution >= 0.6 is 0 Å². The summed E-state index contributed by atoms with van der Waals surface area (Å²) in [6.45, 7) is 0. The predicted molar refractivity (Wildman–Crippen MR) is 255 cm³/mol. The van der Waals surface area contributed by atoms with Crippen LogP contribution in [0.15, 0.2) is 152 Å². The number of hydrogen-bond donors (Lipinski definition) is 0. The number of rotatable bonds is 4. The number of fused-ring (bicyclic) bond motifs is 6. The van der Waals surface area contributed by atoms with E-state index in [1.165, 1.54) is 110 Å². The monoisotopic (exact) mass is 706 g/mol. The largest absolute Gasteiger partial charge is 0.294 e. The lowest BCUT2D eigenvalue weighted by atomic mass is 9.61. The number of para-hydroxylation sites is 2. The quantitative estimate of drug-likeness (QED) is 0.196. The third kappa shape index (κ3) is 4.49. The lowest BCUT2D eigenvalue weighted by molar-refractivity contribution is 1.12. The summed E-state index contributed by atoms with van der Waals surface area (Å²) in [7, 11) is 11.3. The number of nitrogens with zero attached hydrogens (tertiary/aromatic N) is 2. The maximum absolute atomic E-state index is 5.47. The van der Waals surface area contributed by atoms with Crippen molar-refractivity contribution in [2.24, 2.45) is 0 Å². The standard InChI is InChI=1S/C49H35B5N2/c50-43-44(51)46(53)48(47(54)45(43)52)56-39-23-10-9-22-38(39)55-49(56)37-19-8-7-18-34(37)41-29-14-3-5-16-31(29)42(32-17-6-4-15-30(32)41)36-25-24-35-27-13-2-1-12-26(27)28-20-11-21-33(36)40(28)35/h1-25H,50-54H2. The molecule has 0 saturated carbocycles. The second-order valence-corrected chi connectivity index (χ2v) is 15.6. The zero-order valence-electron chi connectivity index (χ0n) is 32.3. The van der Waals surface area contributed by atoms with Gasteiger partial charge < -0.3 is 0 Å². The lowest BCUT2D eigenvalue weighted by Gasteiger charge is -2.24. The van der Waals surface area contributed by atoms with Crippen molar-refractivity contribution in [3.05, 3.63) is 152 Å². The second kappa shape index (κ2) is 12.3. The smallest absolute Gasteiger partial charge is 0.146 e. The molecule has 0 atom stereocenters. The van der Waals surface area contributed by atoms with Gasteiger partial charge in [-0.1, -0.05) is 161 Å². The fraction of sp³-hybridized carbons (Fsp3) is 0. The molecular weight excluding hydrogens is 671 g/mol. The highest BCUT2D eigenvalue weighted by Gasteiger charge is 2.27. The molecule has 0 bridgehead atoms. The summed E-state index contributed by atoms with van der Waals surface area (Å²) >= 11 is 0. The molecule has 256 valence electrons. The van der Waals surface area contributed by atoms with Crippen LogP contribution in [0.1, 0.15) is 0 Å². The first-order chi connectivity index (χ1) is 27.4. The van der Waals surface area contributed by atoms with Gasteiger partial charge in [-0.15, -0.1) is 5.46 Å². The highest BCUT2D eigenvalue weighted by Crippen LogP contribution is 2.52. The van der Waals surface area contributed by atoms with E-state index < -0.39 is 0 Å². The van der Waals surface area contributed by atoms with Gasteiger partial charge in [-0.25, -0.2) is 4.98 Å². The lowest BCUT2D eigenvalue weighted by Crippen LogP contribution is -2.56. The third-order valence-corrected chi connectivity index (χ3v) is 12.9. The van der Waals surface area contributed by atoms with Crippen molar-refractivity contribution in [3.8, 4) is 61.6 Å². The summed E-state index contributed by atoms with van der Waals surface area (Å²) < 4.78 is 2.43. The Morgan fingerprint density at radius 3 is 1.39 bits per heavy atom. The molecule has 10 aromatic rings. The topological polar surface area (TPSA) is 17.8 Å². The first-order valence-electron chi connectivity index (χ1n) is 19.7. The van der Waals surface area contributed by atoms with E-state index in [0.717, 1.165) is 22.4 Å². The summed E-state index contributed by atoms with van der Waals surface area (Å²) in [6.07, 6.45) is 0. The molecule has 1 heterocycles. The van der Waals surface area contributed by atoms with Gasteiger partial charge in [-0.3, -0.25) is 4.57 Å². The molecule has 1 aliphatic rings. The fourth-order valence-corrected chi connectivity index (χ4v) is 9.88. The van der Waals surface area contributed by atoms with Crippen LogP contribution in [0.5, 0.6) is 0 Å². The molecule has 56 heavy (non-hydrogen) atoms. The van der Waals surface area contributed by atoms with Crippen LogP contribution in [0.2, 0.25) is 0 Å². The van der Waals surface area contributed by atoms with Gasteiger partial charge in [0, 0.05) is 11.3 Å². The van der Waals surface area contributed by atoms with Crippen LogP contribution in [-0.4, -0.2) is 48.8 Å². The van der Waals surface area contributed by atoms with E-state index in [1.54, 1.807) is 0 Å². The minimum atomic E-state index is 0.958. The molecule has 0 radical (unpaired) electrons. The Hall–Kier alpha value is -6.45. The van der Waals surface area contributed by atoms with Crippen LogP contribution in [0.4, 0.5) is 0 Å². The summed E-state index contributed by atoms with van der Waals surface area (Å²) in [5.74, 6) is 0.958. The van der Waals surface area contributed by atoms with Crippen LogP contribution in [0, 0.1) is 0 Å². The number of benzene rings is 9. The van der Waals surface area contributed by atoms with Crippen molar-refractivity contribution in [3.63, 3.8) is 0 Å². The van der Waals surface area contributed by atoms with Crippen molar-refractivity contribution in [2.75, 3.05) is 0 Å². The number of hydrogen-bond acceptors (Lipinski definition) is 1. The summed E-state index contributed by atoms with van der Waals surface area (Å²) in [5, 5.41) is 7.60. The molecule has 9 aromatic carbocycles. The van der Waals surface area contributed by atoms with Gasteiger partial charge in [-0.05, 0) is 89.0 Å². The highest BCUT2D eigenvalue weighted by molar-refractivity contribution is 6.68. The Labute approximate surface area is 331 Å². The van der Waals surface area contributed by atoms with Crippen molar-refractivity contribution >= 4 is 110 Å². The van der Waals surface area contributed by atoms with Gasteiger partial charge >= 0.3 is 0 Å². The van der Waals surface area contributed by atoms with Crippen LogP contribution in [0.25, 0.3) is 105 Å². The molecule has 11 rings (SSSR count). The van der Waals surface area contributed by atoms with E-state index in [1.807, 2.05) is 0 Å². The molecule has 0 amide bonds.